The third-order valence-corrected chi connectivity index (χ3v) is 4.77. The maximum Gasteiger partial charge on any atom is 0.0701 e. The third-order valence-electron chi connectivity index (χ3n) is 3.14. The highest BCUT2D eigenvalue weighted by molar-refractivity contribution is 9.11. The molecule has 0 radical (unpaired) electrons. The number of hydrogen-bond acceptors (Lipinski definition) is 3. The first-order chi connectivity index (χ1) is 8.05. The van der Waals surface area contributed by atoms with Crippen LogP contribution in [0.25, 0.3) is 0 Å². The summed E-state index contributed by atoms with van der Waals surface area (Å²) in [6.45, 7) is 10.6. The summed E-state index contributed by atoms with van der Waals surface area (Å²) in [6, 6.07) is 4.40. The molecule has 0 amide bonds. The van der Waals surface area contributed by atoms with Crippen LogP contribution in [0.5, 0.6) is 0 Å². The van der Waals surface area contributed by atoms with Crippen LogP contribution in [0.2, 0.25) is 0 Å². The second-order valence-electron chi connectivity index (χ2n) is 5.57. The average Bonchev–Trinajstić information content (AvgIpc) is 2.63. The highest BCUT2D eigenvalue weighted by Crippen LogP contribution is 2.29. The van der Waals surface area contributed by atoms with Gasteiger partial charge in [-0.2, -0.15) is 0 Å². The summed E-state index contributed by atoms with van der Waals surface area (Å²) in [6.07, 6.45) is 1.17. The lowest BCUT2D eigenvalue weighted by Crippen LogP contribution is -2.47. The van der Waals surface area contributed by atoms with E-state index in [4.69, 9.17) is 0 Å². The standard InChI is InChI=1S/C13H21BrN2S/c1-13(2,9-11-3-4-12(14)17-11)10-16-7-5-15-6-8-16/h3-4,15H,5-10H2,1-2H3. The normalized spacial score (nSPS) is 18.5. The van der Waals surface area contributed by atoms with Gasteiger partial charge in [0.15, 0.2) is 0 Å². The lowest BCUT2D eigenvalue weighted by molar-refractivity contribution is 0.161. The zero-order chi connectivity index (χ0) is 12.3. The summed E-state index contributed by atoms with van der Waals surface area (Å²) >= 11 is 5.40. The van der Waals surface area contributed by atoms with Gasteiger partial charge >= 0.3 is 0 Å². The predicted octanol–water partition coefficient (Wildman–Crippen LogP) is 2.98. The predicted molar refractivity (Wildman–Crippen MR) is 78.8 cm³/mol. The number of hydrogen-bond donors (Lipinski definition) is 1. The molecule has 0 atom stereocenters. The van der Waals surface area contributed by atoms with Crippen molar-refractivity contribution < 1.29 is 0 Å². The van der Waals surface area contributed by atoms with Crippen molar-refractivity contribution in [2.24, 2.45) is 5.41 Å². The maximum atomic E-state index is 3.54. The average molecular weight is 317 g/mol. The molecule has 1 N–H and O–H groups in total. The van der Waals surface area contributed by atoms with Crippen molar-refractivity contribution in [1.82, 2.24) is 10.2 Å². The molecule has 1 aromatic heterocycles. The number of nitrogens with zero attached hydrogens (tertiary/aromatic N) is 1. The topological polar surface area (TPSA) is 15.3 Å². The van der Waals surface area contributed by atoms with Crippen LogP contribution in [-0.4, -0.2) is 37.6 Å². The molecule has 0 saturated carbocycles. The Labute approximate surface area is 117 Å². The van der Waals surface area contributed by atoms with E-state index in [0.29, 0.717) is 5.41 Å². The third kappa shape index (κ3) is 4.36. The van der Waals surface area contributed by atoms with Crippen LogP contribution in [-0.2, 0) is 6.42 Å². The molecule has 0 aromatic carbocycles. The van der Waals surface area contributed by atoms with E-state index in [1.165, 1.54) is 34.7 Å². The van der Waals surface area contributed by atoms with Crippen LogP contribution in [0, 0.1) is 5.41 Å². The van der Waals surface area contributed by atoms with Crippen LogP contribution < -0.4 is 5.32 Å². The monoisotopic (exact) mass is 316 g/mol. The molecular weight excluding hydrogens is 296 g/mol. The van der Waals surface area contributed by atoms with Gasteiger partial charge in [0.05, 0.1) is 3.79 Å². The number of halogens is 1. The zero-order valence-corrected chi connectivity index (χ0v) is 13.0. The molecule has 0 bridgehead atoms. The van der Waals surface area contributed by atoms with Gasteiger partial charge in [0, 0.05) is 37.6 Å². The second-order valence-corrected chi connectivity index (χ2v) is 8.12. The molecule has 17 heavy (non-hydrogen) atoms. The highest BCUT2D eigenvalue weighted by atomic mass is 79.9. The van der Waals surface area contributed by atoms with Gasteiger partial charge < -0.3 is 10.2 Å². The molecule has 4 heteroatoms. The van der Waals surface area contributed by atoms with Gasteiger partial charge in [-0.05, 0) is 39.9 Å². The molecule has 1 fully saturated rings. The Balaban J connectivity index is 1.88. The smallest absolute Gasteiger partial charge is 0.0701 e. The molecule has 2 rings (SSSR count). The number of nitrogens with one attached hydrogen (secondary N) is 1. The van der Waals surface area contributed by atoms with Crippen molar-refractivity contribution in [1.29, 1.82) is 0 Å². The van der Waals surface area contributed by atoms with Gasteiger partial charge in [-0.25, -0.2) is 0 Å². The van der Waals surface area contributed by atoms with Gasteiger partial charge in [0.25, 0.3) is 0 Å². The van der Waals surface area contributed by atoms with Crippen molar-refractivity contribution >= 4 is 27.3 Å². The van der Waals surface area contributed by atoms with Gasteiger partial charge in [-0.3, -0.25) is 0 Å². The fraction of sp³-hybridized carbons (Fsp3) is 0.692. The van der Waals surface area contributed by atoms with E-state index >= 15 is 0 Å². The van der Waals surface area contributed by atoms with Crippen LogP contribution in [0.4, 0.5) is 0 Å². The minimum absolute atomic E-state index is 0.363. The lowest BCUT2D eigenvalue weighted by atomic mass is 9.88. The number of rotatable bonds is 4. The summed E-state index contributed by atoms with van der Waals surface area (Å²) in [5.74, 6) is 0. The Bertz CT molecular complexity index is 356. The van der Waals surface area contributed by atoms with Crippen molar-refractivity contribution in [3.8, 4) is 0 Å². The summed E-state index contributed by atoms with van der Waals surface area (Å²) < 4.78 is 1.24. The molecule has 1 aliphatic heterocycles. The summed E-state index contributed by atoms with van der Waals surface area (Å²) in [7, 11) is 0. The van der Waals surface area contributed by atoms with Crippen LogP contribution >= 0.6 is 27.3 Å². The minimum Gasteiger partial charge on any atom is -0.314 e. The Morgan fingerprint density at radius 2 is 2.06 bits per heavy atom. The van der Waals surface area contributed by atoms with E-state index in [9.17, 15) is 0 Å². The lowest BCUT2D eigenvalue weighted by Gasteiger charge is -2.35. The zero-order valence-electron chi connectivity index (χ0n) is 10.6. The van der Waals surface area contributed by atoms with E-state index in [2.05, 4.69) is 52.1 Å². The largest absolute Gasteiger partial charge is 0.314 e. The summed E-state index contributed by atoms with van der Waals surface area (Å²) in [4.78, 5) is 4.07. The Kier molecular flexibility index (Phi) is 4.64. The van der Waals surface area contributed by atoms with Crippen molar-refractivity contribution in [3.05, 3.63) is 20.8 Å². The molecule has 1 aliphatic rings. The molecule has 1 aromatic rings. The maximum absolute atomic E-state index is 3.54. The van der Waals surface area contributed by atoms with E-state index in [1.807, 2.05) is 11.3 Å². The summed E-state index contributed by atoms with van der Waals surface area (Å²) in [5, 5.41) is 3.41. The van der Waals surface area contributed by atoms with Gasteiger partial charge in [-0.15, -0.1) is 11.3 Å². The van der Waals surface area contributed by atoms with E-state index in [-0.39, 0.29) is 0 Å². The van der Waals surface area contributed by atoms with E-state index in [1.54, 1.807) is 0 Å². The Morgan fingerprint density at radius 3 is 2.65 bits per heavy atom. The fourth-order valence-corrected chi connectivity index (χ4v) is 4.19. The van der Waals surface area contributed by atoms with Crippen LogP contribution in [0.1, 0.15) is 18.7 Å². The Morgan fingerprint density at radius 1 is 1.35 bits per heavy atom. The first-order valence-corrected chi connectivity index (χ1v) is 7.83. The minimum atomic E-state index is 0.363. The number of thiophene rings is 1. The number of piperazine rings is 1. The van der Waals surface area contributed by atoms with Crippen LogP contribution in [0.3, 0.4) is 0 Å². The molecule has 2 nitrogen and oxygen atoms in total. The Hall–Kier alpha value is 0.1000. The first kappa shape index (κ1) is 13.5. The molecule has 2 heterocycles. The molecule has 1 saturated heterocycles. The van der Waals surface area contributed by atoms with Crippen LogP contribution in [0.15, 0.2) is 15.9 Å². The van der Waals surface area contributed by atoms with Crippen molar-refractivity contribution in [2.45, 2.75) is 20.3 Å². The van der Waals surface area contributed by atoms with Crippen molar-refractivity contribution in [2.75, 3.05) is 32.7 Å². The molecule has 0 spiro atoms. The quantitative estimate of drug-likeness (QED) is 0.918. The van der Waals surface area contributed by atoms with Gasteiger partial charge in [0.2, 0.25) is 0 Å². The molecule has 0 unspecified atom stereocenters. The van der Waals surface area contributed by atoms with Crippen molar-refractivity contribution in [3.63, 3.8) is 0 Å². The first-order valence-electron chi connectivity index (χ1n) is 6.22. The SMILES string of the molecule is CC(C)(Cc1ccc(Br)s1)CN1CCNCC1. The van der Waals surface area contributed by atoms with Gasteiger partial charge in [-0.1, -0.05) is 13.8 Å². The second kappa shape index (κ2) is 5.83. The molecule has 0 aliphatic carbocycles. The fourth-order valence-electron chi connectivity index (χ4n) is 2.45. The van der Waals surface area contributed by atoms with E-state index in [0.717, 1.165) is 13.1 Å². The molecular formula is C13H21BrN2S. The molecule has 96 valence electrons. The summed E-state index contributed by atoms with van der Waals surface area (Å²) in [5.41, 5.74) is 0.363. The van der Waals surface area contributed by atoms with E-state index < -0.39 is 0 Å². The highest BCUT2D eigenvalue weighted by Gasteiger charge is 2.23. The van der Waals surface area contributed by atoms with Gasteiger partial charge in [0.1, 0.15) is 0 Å².